The maximum Gasteiger partial charge on any atom is 0.307 e. The lowest BCUT2D eigenvalue weighted by atomic mass is 10.2. The molecule has 1 unspecified atom stereocenters. The molecule has 0 amide bonds. The molecule has 4 nitrogen and oxygen atoms in total. The molecule has 1 aromatic carbocycles. The Morgan fingerprint density at radius 1 is 1.29 bits per heavy atom. The summed E-state index contributed by atoms with van der Waals surface area (Å²) < 4.78 is 18.6. The van der Waals surface area contributed by atoms with Crippen LogP contribution in [0.5, 0.6) is 0 Å². The molecule has 21 heavy (non-hydrogen) atoms. The van der Waals surface area contributed by atoms with Gasteiger partial charge >= 0.3 is 5.97 Å². The number of halogens is 1. The molecule has 0 saturated carbocycles. The van der Waals surface area contributed by atoms with Crippen LogP contribution in [-0.4, -0.2) is 29.6 Å². The van der Waals surface area contributed by atoms with Crippen LogP contribution in [-0.2, 0) is 11.3 Å². The number of nitrogens with zero attached hydrogens (tertiary/aromatic N) is 1. The minimum Gasteiger partial charge on any atom is -0.481 e. The Bertz CT molecular complexity index is 606. The zero-order valence-electron chi connectivity index (χ0n) is 12.0. The largest absolute Gasteiger partial charge is 0.481 e. The molecule has 1 aromatic heterocycles. The SMILES string of the molecule is CC(CN(C)Cc1ccc(-c2ccc(F)cc2)o1)C(=O)O. The van der Waals surface area contributed by atoms with Crippen LogP contribution in [0.2, 0.25) is 0 Å². The molecule has 2 aromatic rings. The number of rotatable bonds is 6. The molecular formula is C16H18FNO3. The van der Waals surface area contributed by atoms with Gasteiger partial charge in [-0.2, -0.15) is 0 Å². The predicted molar refractivity (Wildman–Crippen MR) is 77.2 cm³/mol. The number of carbonyl (C=O) groups is 1. The van der Waals surface area contributed by atoms with E-state index in [-0.39, 0.29) is 5.82 Å². The lowest BCUT2D eigenvalue weighted by molar-refractivity contribution is -0.141. The van der Waals surface area contributed by atoms with Gasteiger partial charge in [-0.1, -0.05) is 6.92 Å². The fraction of sp³-hybridized carbons (Fsp3) is 0.312. The third-order valence-corrected chi connectivity index (χ3v) is 3.22. The average molecular weight is 291 g/mol. The number of hydrogen-bond acceptors (Lipinski definition) is 3. The molecule has 0 saturated heterocycles. The lowest BCUT2D eigenvalue weighted by Crippen LogP contribution is -2.28. The normalized spacial score (nSPS) is 12.6. The number of aliphatic carboxylic acids is 1. The van der Waals surface area contributed by atoms with E-state index in [1.807, 2.05) is 24.1 Å². The number of benzene rings is 1. The Hall–Kier alpha value is -2.14. The van der Waals surface area contributed by atoms with Gasteiger partial charge in [0.15, 0.2) is 0 Å². The van der Waals surface area contributed by atoms with Crippen molar-refractivity contribution in [3.8, 4) is 11.3 Å². The van der Waals surface area contributed by atoms with E-state index in [2.05, 4.69) is 0 Å². The van der Waals surface area contributed by atoms with E-state index < -0.39 is 11.9 Å². The van der Waals surface area contributed by atoms with Crippen molar-refractivity contribution in [1.29, 1.82) is 0 Å². The maximum atomic E-state index is 12.9. The van der Waals surface area contributed by atoms with Gasteiger partial charge in [0, 0.05) is 12.1 Å². The van der Waals surface area contributed by atoms with Gasteiger partial charge in [-0.3, -0.25) is 9.69 Å². The molecule has 5 heteroatoms. The van der Waals surface area contributed by atoms with Crippen LogP contribution >= 0.6 is 0 Å². The first-order valence-electron chi connectivity index (χ1n) is 6.71. The van der Waals surface area contributed by atoms with Crippen molar-refractivity contribution in [2.75, 3.05) is 13.6 Å². The van der Waals surface area contributed by atoms with Crippen LogP contribution in [0, 0.1) is 11.7 Å². The zero-order chi connectivity index (χ0) is 15.4. The van der Waals surface area contributed by atoms with E-state index in [1.165, 1.54) is 12.1 Å². The molecule has 1 heterocycles. The number of carboxylic acid groups (broad SMARTS) is 1. The summed E-state index contributed by atoms with van der Waals surface area (Å²) in [6, 6.07) is 9.77. The first kappa shape index (κ1) is 15.3. The molecule has 0 spiro atoms. The second-order valence-electron chi connectivity index (χ2n) is 5.21. The van der Waals surface area contributed by atoms with Gasteiger partial charge in [-0.15, -0.1) is 0 Å². The van der Waals surface area contributed by atoms with E-state index in [1.54, 1.807) is 19.1 Å². The quantitative estimate of drug-likeness (QED) is 0.887. The van der Waals surface area contributed by atoms with Gasteiger partial charge in [-0.25, -0.2) is 4.39 Å². The summed E-state index contributed by atoms with van der Waals surface area (Å²) in [4.78, 5) is 12.7. The summed E-state index contributed by atoms with van der Waals surface area (Å²) in [5, 5.41) is 8.89. The molecule has 1 N–H and O–H groups in total. The predicted octanol–water partition coefficient (Wildman–Crippen LogP) is 3.24. The van der Waals surface area contributed by atoms with Crippen molar-refractivity contribution in [1.82, 2.24) is 4.90 Å². The van der Waals surface area contributed by atoms with E-state index in [9.17, 15) is 9.18 Å². The van der Waals surface area contributed by atoms with Gasteiger partial charge in [0.25, 0.3) is 0 Å². The Kier molecular flexibility index (Phi) is 4.75. The van der Waals surface area contributed by atoms with Crippen LogP contribution < -0.4 is 0 Å². The van der Waals surface area contributed by atoms with E-state index in [0.29, 0.717) is 18.8 Å². The van der Waals surface area contributed by atoms with Gasteiger partial charge in [-0.05, 0) is 43.4 Å². The highest BCUT2D eigenvalue weighted by Gasteiger charge is 2.15. The molecule has 112 valence electrons. The van der Waals surface area contributed by atoms with Crippen LogP contribution in [0.3, 0.4) is 0 Å². The van der Waals surface area contributed by atoms with E-state index in [0.717, 1.165) is 11.3 Å². The van der Waals surface area contributed by atoms with Gasteiger partial charge in [0.1, 0.15) is 17.3 Å². The second-order valence-corrected chi connectivity index (χ2v) is 5.21. The summed E-state index contributed by atoms with van der Waals surface area (Å²) in [5.74, 6) is -0.109. The van der Waals surface area contributed by atoms with Crippen LogP contribution in [0.15, 0.2) is 40.8 Å². The molecule has 0 bridgehead atoms. The monoisotopic (exact) mass is 291 g/mol. The third-order valence-electron chi connectivity index (χ3n) is 3.22. The van der Waals surface area contributed by atoms with Gasteiger partial charge < -0.3 is 9.52 Å². The Balaban J connectivity index is 2.00. The number of carboxylic acids is 1. The van der Waals surface area contributed by atoms with Crippen molar-refractivity contribution in [2.24, 2.45) is 5.92 Å². The molecular weight excluding hydrogens is 273 g/mol. The highest BCUT2D eigenvalue weighted by atomic mass is 19.1. The topological polar surface area (TPSA) is 53.7 Å². The van der Waals surface area contributed by atoms with E-state index >= 15 is 0 Å². The molecule has 0 aliphatic heterocycles. The first-order chi connectivity index (χ1) is 9.95. The Morgan fingerprint density at radius 2 is 1.95 bits per heavy atom. The molecule has 0 radical (unpaired) electrons. The average Bonchev–Trinajstić information content (AvgIpc) is 2.87. The van der Waals surface area contributed by atoms with Crippen molar-refractivity contribution < 1.29 is 18.7 Å². The van der Waals surface area contributed by atoms with Crippen LogP contribution in [0.4, 0.5) is 4.39 Å². The minimum atomic E-state index is -0.812. The summed E-state index contributed by atoms with van der Waals surface area (Å²) >= 11 is 0. The highest BCUT2D eigenvalue weighted by Crippen LogP contribution is 2.23. The summed E-state index contributed by atoms with van der Waals surface area (Å²) in [6.45, 7) is 2.64. The highest BCUT2D eigenvalue weighted by molar-refractivity contribution is 5.69. The van der Waals surface area contributed by atoms with Crippen molar-refractivity contribution in [3.05, 3.63) is 48.0 Å². The zero-order valence-corrected chi connectivity index (χ0v) is 12.0. The standard InChI is InChI=1S/C16H18FNO3/c1-11(16(19)20)9-18(2)10-14-7-8-15(21-14)12-3-5-13(17)6-4-12/h3-8,11H,9-10H2,1-2H3,(H,19,20). The summed E-state index contributed by atoms with van der Waals surface area (Å²) in [7, 11) is 1.85. The number of hydrogen-bond donors (Lipinski definition) is 1. The van der Waals surface area contributed by atoms with Crippen LogP contribution in [0.25, 0.3) is 11.3 Å². The van der Waals surface area contributed by atoms with Crippen molar-refractivity contribution in [3.63, 3.8) is 0 Å². The molecule has 2 rings (SSSR count). The molecule has 0 aliphatic carbocycles. The summed E-state index contributed by atoms with van der Waals surface area (Å²) in [6.07, 6.45) is 0. The van der Waals surface area contributed by atoms with Crippen molar-refractivity contribution in [2.45, 2.75) is 13.5 Å². The third kappa shape index (κ3) is 4.16. The van der Waals surface area contributed by atoms with Crippen molar-refractivity contribution >= 4 is 5.97 Å². The Morgan fingerprint density at radius 3 is 2.57 bits per heavy atom. The smallest absolute Gasteiger partial charge is 0.307 e. The lowest BCUT2D eigenvalue weighted by Gasteiger charge is -2.17. The fourth-order valence-corrected chi connectivity index (χ4v) is 2.11. The van der Waals surface area contributed by atoms with Gasteiger partial charge in [0.2, 0.25) is 0 Å². The molecule has 0 fully saturated rings. The maximum absolute atomic E-state index is 12.9. The summed E-state index contributed by atoms with van der Waals surface area (Å²) in [5.41, 5.74) is 0.809. The fourth-order valence-electron chi connectivity index (χ4n) is 2.11. The minimum absolute atomic E-state index is 0.284. The second kappa shape index (κ2) is 6.54. The van der Waals surface area contributed by atoms with Crippen LogP contribution in [0.1, 0.15) is 12.7 Å². The molecule has 1 atom stereocenters. The van der Waals surface area contributed by atoms with E-state index in [4.69, 9.17) is 9.52 Å². The Labute approximate surface area is 122 Å². The first-order valence-corrected chi connectivity index (χ1v) is 6.71. The molecule has 0 aliphatic rings. The number of furan rings is 1. The van der Waals surface area contributed by atoms with Gasteiger partial charge in [0.05, 0.1) is 12.5 Å².